The zero-order valence-corrected chi connectivity index (χ0v) is 16.7. The number of hydrogen-bond acceptors (Lipinski definition) is 7. The van der Waals surface area contributed by atoms with Crippen molar-refractivity contribution in [2.45, 2.75) is 5.16 Å². The molecule has 8 heteroatoms. The van der Waals surface area contributed by atoms with E-state index in [1.54, 1.807) is 43.0 Å². The molecule has 2 heterocycles. The largest absolute Gasteiger partial charge is 0.497 e. The van der Waals surface area contributed by atoms with Crippen LogP contribution >= 0.6 is 11.8 Å². The molecule has 146 valence electrons. The molecule has 4 rings (SSSR count). The fraction of sp³-hybridized carbons (Fsp3) is 0.143. The van der Waals surface area contributed by atoms with Crippen molar-refractivity contribution in [2.75, 3.05) is 20.0 Å². The molecule has 0 radical (unpaired) electrons. The first-order valence-corrected chi connectivity index (χ1v) is 9.83. The second-order valence-corrected chi connectivity index (χ2v) is 7.09. The van der Waals surface area contributed by atoms with Gasteiger partial charge in [-0.2, -0.15) is 9.61 Å². The van der Waals surface area contributed by atoms with Crippen LogP contribution in [0.3, 0.4) is 0 Å². The lowest BCUT2D eigenvalue weighted by Gasteiger charge is -2.05. The number of carbonyl (C=O) groups excluding carboxylic acids is 1. The Morgan fingerprint density at radius 1 is 0.966 bits per heavy atom. The number of carbonyl (C=O) groups is 1. The minimum atomic E-state index is -0.00152. The number of fused-ring (bicyclic) bond motifs is 1. The normalized spacial score (nSPS) is 10.8. The lowest BCUT2D eigenvalue weighted by Crippen LogP contribution is -2.04. The van der Waals surface area contributed by atoms with E-state index in [0.29, 0.717) is 22.1 Å². The van der Waals surface area contributed by atoms with Crippen molar-refractivity contribution in [2.24, 2.45) is 0 Å². The monoisotopic (exact) mass is 406 g/mol. The number of nitrogens with zero attached hydrogens (tertiary/aromatic N) is 4. The zero-order chi connectivity index (χ0) is 20.2. The summed E-state index contributed by atoms with van der Waals surface area (Å²) in [6.07, 6.45) is 0. The van der Waals surface area contributed by atoms with Crippen molar-refractivity contribution >= 4 is 23.2 Å². The first-order chi connectivity index (χ1) is 14.2. The third kappa shape index (κ3) is 4.07. The molecule has 0 amide bonds. The zero-order valence-electron chi connectivity index (χ0n) is 15.9. The number of benzene rings is 2. The summed E-state index contributed by atoms with van der Waals surface area (Å²) in [4.78, 5) is 12.5. The lowest BCUT2D eigenvalue weighted by molar-refractivity contribution is 0.102. The SMILES string of the molecule is COc1ccc(C(=O)CSc2nnc3ccc(-c4cccc(OC)c4)nn23)cc1. The van der Waals surface area contributed by atoms with Crippen LogP contribution < -0.4 is 9.47 Å². The van der Waals surface area contributed by atoms with Crippen LogP contribution in [0.5, 0.6) is 11.5 Å². The van der Waals surface area contributed by atoms with E-state index >= 15 is 0 Å². The highest BCUT2D eigenvalue weighted by molar-refractivity contribution is 7.99. The maximum atomic E-state index is 12.5. The number of thioether (sulfide) groups is 1. The molecule has 2 aromatic heterocycles. The van der Waals surface area contributed by atoms with Crippen LogP contribution in [-0.4, -0.2) is 45.6 Å². The number of ether oxygens (including phenoxy) is 2. The van der Waals surface area contributed by atoms with Crippen LogP contribution in [-0.2, 0) is 0 Å². The Morgan fingerprint density at radius 2 is 1.76 bits per heavy atom. The van der Waals surface area contributed by atoms with Gasteiger partial charge in [-0.1, -0.05) is 23.9 Å². The van der Waals surface area contributed by atoms with Crippen LogP contribution in [0, 0.1) is 0 Å². The average molecular weight is 406 g/mol. The van der Waals surface area contributed by atoms with Gasteiger partial charge in [-0.3, -0.25) is 4.79 Å². The van der Waals surface area contributed by atoms with Gasteiger partial charge < -0.3 is 9.47 Å². The molecule has 2 aromatic carbocycles. The van der Waals surface area contributed by atoms with E-state index in [1.807, 2.05) is 36.4 Å². The second kappa shape index (κ2) is 8.32. The van der Waals surface area contributed by atoms with Gasteiger partial charge in [0.2, 0.25) is 5.16 Å². The van der Waals surface area contributed by atoms with E-state index in [1.165, 1.54) is 11.8 Å². The van der Waals surface area contributed by atoms with Crippen molar-refractivity contribution in [1.82, 2.24) is 19.8 Å². The Morgan fingerprint density at radius 3 is 2.52 bits per heavy atom. The molecule has 0 aliphatic heterocycles. The standard InChI is InChI=1S/C21H18N4O3S/c1-27-16-8-6-14(7-9-16)19(26)13-29-21-23-22-20-11-10-18(24-25(20)21)15-4-3-5-17(12-15)28-2/h3-12H,13H2,1-2H3. The molecular weight excluding hydrogens is 388 g/mol. The summed E-state index contributed by atoms with van der Waals surface area (Å²) in [5.74, 6) is 1.70. The van der Waals surface area contributed by atoms with Crippen LogP contribution in [0.15, 0.2) is 65.8 Å². The van der Waals surface area contributed by atoms with E-state index in [4.69, 9.17) is 9.47 Å². The highest BCUT2D eigenvalue weighted by Gasteiger charge is 2.13. The van der Waals surface area contributed by atoms with Gasteiger partial charge in [-0.25, -0.2) is 0 Å². The molecular formula is C21H18N4O3S. The van der Waals surface area contributed by atoms with E-state index in [9.17, 15) is 4.79 Å². The van der Waals surface area contributed by atoms with Crippen LogP contribution in [0.1, 0.15) is 10.4 Å². The summed E-state index contributed by atoms with van der Waals surface area (Å²) in [5.41, 5.74) is 2.93. The maximum Gasteiger partial charge on any atom is 0.212 e. The Hall–Kier alpha value is -3.39. The summed E-state index contributed by atoms with van der Waals surface area (Å²) >= 11 is 1.30. The lowest BCUT2D eigenvalue weighted by atomic mass is 10.1. The fourth-order valence-electron chi connectivity index (χ4n) is 2.79. The summed E-state index contributed by atoms with van der Waals surface area (Å²) in [7, 11) is 3.22. The van der Waals surface area contributed by atoms with Crippen molar-refractivity contribution in [3.63, 3.8) is 0 Å². The Balaban J connectivity index is 1.55. The maximum absolute atomic E-state index is 12.5. The fourth-order valence-corrected chi connectivity index (χ4v) is 3.57. The first kappa shape index (κ1) is 18.9. The summed E-state index contributed by atoms with van der Waals surface area (Å²) in [5, 5.41) is 13.5. The number of methoxy groups -OCH3 is 2. The number of Topliss-reactive ketones (excluding diaryl/α,β-unsaturated/α-hetero) is 1. The molecule has 4 aromatic rings. The molecule has 0 N–H and O–H groups in total. The molecule has 0 bridgehead atoms. The second-order valence-electron chi connectivity index (χ2n) is 6.14. The summed E-state index contributed by atoms with van der Waals surface area (Å²) < 4.78 is 12.1. The highest BCUT2D eigenvalue weighted by Crippen LogP contribution is 2.24. The van der Waals surface area contributed by atoms with Gasteiger partial charge >= 0.3 is 0 Å². The van der Waals surface area contributed by atoms with E-state index < -0.39 is 0 Å². The van der Waals surface area contributed by atoms with Gasteiger partial charge in [-0.05, 0) is 48.5 Å². The minimum absolute atomic E-state index is 0.00152. The van der Waals surface area contributed by atoms with E-state index in [2.05, 4.69) is 15.3 Å². The van der Waals surface area contributed by atoms with Crippen molar-refractivity contribution < 1.29 is 14.3 Å². The molecule has 0 unspecified atom stereocenters. The smallest absolute Gasteiger partial charge is 0.212 e. The van der Waals surface area contributed by atoms with Gasteiger partial charge in [0.05, 0.1) is 25.7 Å². The number of aromatic nitrogens is 4. The molecule has 0 atom stereocenters. The number of hydrogen-bond donors (Lipinski definition) is 0. The van der Waals surface area contributed by atoms with Crippen molar-refractivity contribution in [1.29, 1.82) is 0 Å². The van der Waals surface area contributed by atoms with E-state index in [0.717, 1.165) is 17.0 Å². The van der Waals surface area contributed by atoms with Crippen LogP contribution in [0.2, 0.25) is 0 Å². The molecule has 0 aliphatic rings. The van der Waals surface area contributed by atoms with Gasteiger partial charge in [0.15, 0.2) is 11.4 Å². The number of ketones is 1. The topological polar surface area (TPSA) is 78.6 Å². The predicted octanol–water partition coefficient (Wildman–Crippen LogP) is 3.78. The molecule has 0 saturated heterocycles. The third-order valence-electron chi connectivity index (χ3n) is 4.34. The molecule has 7 nitrogen and oxygen atoms in total. The minimum Gasteiger partial charge on any atom is -0.497 e. The van der Waals surface area contributed by atoms with Crippen molar-refractivity contribution in [3.05, 3.63) is 66.2 Å². The van der Waals surface area contributed by atoms with Gasteiger partial charge in [0.1, 0.15) is 11.5 Å². The van der Waals surface area contributed by atoms with Gasteiger partial charge in [-0.15, -0.1) is 10.2 Å². The van der Waals surface area contributed by atoms with Crippen molar-refractivity contribution in [3.8, 4) is 22.8 Å². The summed E-state index contributed by atoms with van der Waals surface area (Å²) in [6.45, 7) is 0. The Labute approximate surface area is 171 Å². The average Bonchev–Trinajstić information content (AvgIpc) is 3.19. The quantitative estimate of drug-likeness (QED) is 0.341. The molecule has 29 heavy (non-hydrogen) atoms. The van der Waals surface area contributed by atoms with Crippen LogP contribution in [0.4, 0.5) is 0 Å². The van der Waals surface area contributed by atoms with Gasteiger partial charge in [0.25, 0.3) is 0 Å². The first-order valence-electron chi connectivity index (χ1n) is 8.85. The highest BCUT2D eigenvalue weighted by atomic mass is 32.2. The molecule has 0 spiro atoms. The number of rotatable bonds is 7. The van der Waals surface area contributed by atoms with Gasteiger partial charge in [0, 0.05) is 11.1 Å². The Bertz CT molecular complexity index is 1160. The predicted molar refractivity (Wildman–Crippen MR) is 111 cm³/mol. The molecule has 0 aliphatic carbocycles. The molecule has 0 fully saturated rings. The third-order valence-corrected chi connectivity index (χ3v) is 5.26. The Kier molecular flexibility index (Phi) is 5.44. The summed E-state index contributed by atoms with van der Waals surface area (Å²) in [6, 6.07) is 18.5. The van der Waals surface area contributed by atoms with E-state index in [-0.39, 0.29) is 11.5 Å². The van der Waals surface area contributed by atoms with Crippen LogP contribution in [0.25, 0.3) is 16.9 Å². The molecule has 0 saturated carbocycles.